The second kappa shape index (κ2) is 5.38. The third-order valence-corrected chi connectivity index (χ3v) is 3.93. The lowest BCUT2D eigenvalue weighted by molar-refractivity contribution is -0.141. The molecule has 0 bridgehead atoms. The molecule has 5 heteroatoms. The van der Waals surface area contributed by atoms with Gasteiger partial charge in [0.1, 0.15) is 0 Å². The molecule has 0 aromatic carbocycles. The van der Waals surface area contributed by atoms with Crippen LogP contribution in [0.2, 0.25) is 0 Å². The van der Waals surface area contributed by atoms with Crippen molar-refractivity contribution in [3.63, 3.8) is 0 Å². The van der Waals surface area contributed by atoms with Gasteiger partial charge in [-0.25, -0.2) is 0 Å². The summed E-state index contributed by atoms with van der Waals surface area (Å²) < 4.78 is 10.4. The molecule has 0 spiro atoms. The fourth-order valence-electron chi connectivity index (χ4n) is 2.48. The third kappa shape index (κ3) is 2.43. The van der Waals surface area contributed by atoms with Crippen LogP contribution in [0, 0.1) is 5.41 Å². The van der Waals surface area contributed by atoms with E-state index in [-0.39, 0.29) is 11.9 Å². The van der Waals surface area contributed by atoms with Crippen molar-refractivity contribution in [1.29, 1.82) is 0 Å². The molecule has 102 valence electrons. The summed E-state index contributed by atoms with van der Waals surface area (Å²) in [6.07, 6.45) is 2.96. The average molecular weight is 254 g/mol. The number of nitrogens with zero attached hydrogens (tertiary/aromatic N) is 1. The Bertz CT molecular complexity index is 356. The van der Waals surface area contributed by atoms with Crippen molar-refractivity contribution in [3.8, 4) is 0 Å². The van der Waals surface area contributed by atoms with Gasteiger partial charge in [-0.05, 0) is 18.9 Å². The van der Waals surface area contributed by atoms with Crippen LogP contribution in [0.3, 0.4) is 0 Å². The van der Waals surface area contributed by atoms with Gasteiger partial charge in [0.25, 0.3) is 0 Å². The van der Waals surface area contributed by atoms with Gasteiger partial charge in [0.2, 0.25) is 5.91 Å². The summed E-state index contributed by atoms with van der Waals surface area (Å²) in [4.78, 5) is 14.4. The summed E-state index contributed by atoms with van der Waals surface area (Å²) in [5.74, 6) is 0.111. The highest BCUT2D eigenvalue weighted by molar-refractivity contribution is 5.84. The van der Waals surface area contributed by atoms with Crippen LogP contribution in [0.4, 0.5) is 0 Å². The third-order valence-electron chi connectivity index (χ3n) is 3.93. The summed E-state index contributed by atoms with van der Waals surface area (Å²) in [5, 5.41) is 0. The molecule has 2 atom stereocenters. The maximum atomic E-state index is 12.5. The van der Waals surface area contributed by atoms with Crippen LogP contribution in [-0.2, 0) is 14.3 Å². The molecule has 1 fully saturated rings. The predicted octanol–water partition coefficient (Wildman–Crippen LogP) is 0.155. The average Bonchev–Trinajstić information content (AvgIpc) is 2.71. The molecule has 2 aliphatic rings. The molecule has 5 nitrogen and oxygen atoms in total. The number of nitrogens with two attached hydrogens (primary N) is 1. The molecule has 18 heavy (non-hydrogen) atoms. The Morgan fingerprint density at radius 1 is 1.72 bits per heavy atom. The standard InChI is InChI=1S/C13H22N2O3/c1-13(9-18-8-11(13)14)12(16)15-5-3-10(4-6-15)7-17-2/h3,11H,4-9,14H2,1-2H3. The monoisotopic (exact) mass is 254 g/mol. The highest BCUT2D eigenvalue weighted by Gasteiger charge is 2.46. The van der Waals surface area contributed by atoms with Crippen molar-refractivity contribution < 1.29 is 14.3 Å². The summed E-state index contributed by atoms with van der Waals surface area (Å²) in [5.41, 5.74) is 6.69. The van der Waals surface area contributed by atoms with Gasteiger partial charge >= 0.3 is 0 Å². The maximum Gasteiger partial charge on any atom is 0.232 e. The van der Waals surface area contributed by atoms with E-state index in [4.69, 9.17) is 15.2 Å². The van der Waals surface area contributed by atoms with Crippen LogP contribution in [0.1, 0.15) is 13.3 Å². The number of ether oxygens (including phenoxy) is 2. The molecule has 2 unspecified atom stereocenters. The zero-order valence-electron chi connectivity index (χ0n) is 11.1. The van der Waals surface area contributed by atoms with Gasteiger partial charge in [0, 0.05) is 26.2 Å². The molecule has 1 saturated heterocycles. The second-order valence-electron chi connectivity index (χ2n) is 5.34. The molecule has 2 heterocycles. The zero-order valence-corrected chi connectivity index (χ0v) is 11.1. The normalized spacial score (nSPS) is 32.5. The van der Waals surface area contributed by atoms with E-state index in [1.807, 2.05) is 11.8 Å². The fraction of sp³-hybridized carbons (Fsp3) is 0.769. The number of methoxy groups -OCH3 is 1. The lowest BCUT2D eigenvalue weighted by Gasteiger charge is -2.34. The molecular formula is C13H22N2O3. The summed E-state index contributed by atoms with van der Waals surface area (Å²) in [6.45, 7) is 4.86. The van der Waals surface area contributed by atoms with Gasteiger partial charge in [-0.1, -0.05) is 6.08 Å². The first kappa shape index (κ1) is 13.5. The van der Waals surface area contributed by atoms with Crippen molar-refractivity contribution >= 4 is 5.91 Å². The topological polar surface area (TPSA) is 64.8 Å². The first-order chi connectivity index (χ1) is 8.58. The van der Waals surface area contributed by atoms with E-state index in [1.54, 1.807) is 7.11 Å². The molecule has 2 aliphatic heterocycles. The molecular weight excluding hydrogens is 232 g/mol. The molecule has 2 N–H and O–H groups in total. The molecule has 0 aromatic heterocycles. The molecule has 0 aromatic rings. The SMILES string of the molecule is COCC1=CCN(C(=O)C2(C)COCC2N)CC1. The number of hydrogen-bond acceptors (Lipinski definition) is 4. The maximum absolute atomic E-state index is 12.5. The number of hydrogen-bond donors (Lipinski definition) is 1. The largest absolute Gasteiger partial charge is 0.380 e. The Labute approximate surface area is 108 Å². The van der Waals surface area contributed by atoms with Gasteiger partial charge in [-0.15, -0.1) is 0 Å². The van der Waals surface area contributed by atoms with E-state index < -0.39 is 5.41 Å². The van der Waals surface area contributed by atoms with Crippen LogP contribution in [0.5, 0.6) is 0 Å². The zero-order chi connectivity index (χ0) is 13.2. The minimum absolute atomic E-state index is 0.111. The van der Waals surface area contributed by atoms with Crippen molar-refractivity contribution in [1.82, 2.24) is 4.90 Å². The highest BCUT2D eigenvalue weighted by atomic mass is 16.5. The van der Waals surface area contributed by atoms with Crippen LogP contribution in [0.25, 0.3) is 0 Å². The molecule has 0 aliphatic carbocycles. The molecule has 2 rings (SSSR count). The number of carbonyl (C=O) groups excluding carboxylic acids is 1. The van der Waals surface area contributed by atoms with E-state index in [1.165, 1.54) is 5.57 Å². The van der Waals surface area contributed by atoms with Crippen molar-refractivity contribution in [2.24, 2.45) is 11.1 Å². The van der Waals surface area contributed by atoms with E-state index in [2.05, 4.69) is 6.08 Å². The van der Waals surface area contributed by atoms with Crippen LogP contribution in [0.15, 0.2) is 11.6 Å². The Kier molecular flexibility index (Phi) is 4.04. The Balaban J connectivity index is 1.99. The Hall–Kier alpha value is -0.910. The lowest BCUT2D eigenvalue weighted by Crippen LogP contribution is -2.52. The minimum Gasteiger partial charge on any atom is -0.380 e. The van der Waals surface area contributed by atoms with Crippen molar-refractivity contribution in [2.45, 2.75) is 19.4 Å². The van der Waals surface area contributed by atoms with Gasteiger partial charge in [-0.2, -0.15) is 0 Å². The van der Waals surface area contributed by atoms with Crippen molar-refractivity contribution in [2.75, 3.05) is 40.0 Å². The van der Waals surface area contributed by atoms with Gasteiger partial charge < -0.3 is 20.1 Å². The Morgan fingerprint density at radius 3 is 3.00 bits per heavy atom. The fourth-order valence-corrected chi connectivity index (χ4v) is 2.48. The van der Waals surface area contributed by atoms with Crippen LogP contribution >= 0.6 is 0 Å². The lowest BCUT2D eigenvalue weighted by atomic mass is 9.84. The smallest absolute Gasteiger partial charge is 0.232 e. The molecule has 1 amide bonds. The van der Waals surface area contributed by atoms with Gasteiger partial charge in [0.15, 0.2) is 0 Å². The molecule has 0 radical (unpaired) electrons. The summed E-state index contributed by atoms with van der Waals surface area (Å²) >= 11 is 0. The number of rotatable bonds is 3. The highest BCUT2D eigenvalue weighted by Crippen LogP contribution is 2.30. The first-order valence-electron chi connectivity index (χ1n) is 6.37. The molecule has 0 saturated carbocycles. The predicted molar refractivity (Wildman–Crippen MR) is 68.1 cm³/mol. The minimum atomic E-state index is -0.563. The summed E-state index contributed by atoms with van der Waals surface area (Å²) in [7, 11) is 1.69. The van der Waals surface area contributed by atoms with E-state index in [0.29, 0.717) is 26.4 Å². The summed E-state index contributed by atoms with van der Waals surface area (Å²) in [6, 6.07) is -0.200. The van der Waals surface area contributed by atoms with Gasteiger partial charge in [-0.3, -0.25) is 4.79 Å². The van der Waals surface area contributed by atoms with E-state index >= 15 is 0 Å². The second-order valence-corrected chi connectivity index (χ2v) is 5.34. The van der Waals surface area contributed by atoms with Gasteiger partial charge in [0.05, 0.1) is 25.2 Å². The first-order valence-corrected chi connectivity index (χ1v) is 6.37. The number of carbonyl (C=O) groups is 1. The van der Waals surface area contributed by atoms with E-state index in [0.717, 1.165) is 13.0 Å². The van der Waals surface area contributed by atoms with Crippen molar-refractivity contribution in [3.05, 3.63) is 11.6 Å². The number of amides is 1. The van der Waals surface area contributed by atoms with E-state index in [9.17, 15) is 4.79 Å². The Morgan fingerprint density at radius 2 is 2.50 bits per heavy atom. The quantitative estimate of drug-likeness (QED) is 0.728. The van der Waals surface area contributed by atoms with Crippen LogP contribution in [-0.4, -0.2) is 56.9 Å². The van der Waals surface area contributed by atoms with Crippen LogP contribution < -0.4 is 5.73 Å².